The van der Waals surface area contributed by atoms with Crippen LogP contribution < -0.4 is 5.32 Å². The summed E-state index contributed by atoms with van der Waals surface area (Å²) in [6.45, 7) is 3.32. The predicted octanol–water partition coefficient (Wildman–Crippen LogP) is 3.71. The van der Waals surface area contributed by atoms with Gasteiger partial charge in [0.15, 0.2) is 5.78 Å². The van der Waals surface area contributed by atoms with Gasteiger partial charge in [0.05, 0.1) is 5.25 Å². The van der Waals surface area contributed by atoms with Crippen molar-refractivity contribution in [3.63, 3.8) is 0 Å². The minimum Gasteiger partial charge on any atom is -0.508 e. The molecule has 0 aliphatic rings. The van der Waals surface area contributed by atoms with Crippen molar-refractivity contribution in [2.24, 2.45) is 0 Å². The van der Waals surface area contributed by atoms with Gasteiger partial charge < -0.3 is 10.4 Å². The Morgan fingerprint density at radius 1 is 1.05 bits per heavy atom. The normalized spacial score (nSPS) is 11.7. The van der Waals surface area contributed by atoms with E-state index in [9.17, 15) is 14.7 Å². The van der Waals surface area contributed by atoms with Crippen molar-refractivity contribution < 1.29 is 14.7 Å². The molecule has 0 bridgehead atoms. The van der Waals surface area contributed by atoms with Crippen molar-refractivity contribution in [1.29, 1.82) is 0 Å². The van der Waals surface area contributed by atoms with Crippen LogP contribution >= 0.6 is 11.8 Å². The molecule has 22 heavy (non-hydrogen) atoms. The Balaban J connectivity index is 1.95. The lowest BCUT2D eigenvalue weighted by Gasteiger charge is -2.12. The van der Waals surface area contributed by atoms with E-state index in [2.05, 4.69) is 5.32 Å². The van der Waals surface area contributed by atoms with Gasteiger partial charge in [-0.3, -0.25) is 9.59 Å². The van der Waals surface area contributed by atoms with Gasteiger partial charge in [-0.05, 0) is 62.4 Å². The lowest BCUT2D eigenvalue weighted by Crippen LogP contribution is -2.22. The molecule has 1 unspecified atom stereocenters. The number of aromatic hydroxyl groups is 1. The zero-order chi connectivity index (χ0) is 16.1. The molecular formula is C17H17NO3S. The second kappa shape index (κ2) is 7.13. The smallest absolute Gasteiger partial charge is 0.237 e. The lowest BCUT2D eigenvalue weighted by molar-refractivity contribution is -0.115. The first-order valence-corrected chi connectivity index (χ1v) is 7.71. The highest BCUT2D eigenvalue weighted by atomic mass is 32.2. The Kier molecular flexibility index (Phi) is 5.22. The number of phenolic OH excluding ortho intramolecular Hbond substituents is 1. The summed E-state index contributed by atoms with van der Waals surface area (Å²) in [5, 5.41) is 11.8. The van der Waals surface area contributed by atoms with Crippen LogP contribution in [-0.2, 0) is 4.79 Å². The summed E-state index contributed by atoms with van der Waals surface area (Å²) in [5.41, 5.74) is 1.28. The molecular weight excluding hydrogens is 298 g/mol. The highest BCUT2D eigenvalue weighted by Crippen LogP contribution is 2.25. The first-order chi connectivity index (χ1) is 10.5. The first kappa shape index (κ1) is 16.1. The fourth-order valence-electron chi connectivity index (χ4n) is 1.81. The van der Waals surface area contributed by atoms with E-state index in [1.165, 1.54) is 18.7 Å². The number of nitrogens with one attached hydrogen (secondary N) is 1. The van der Waals surface area contributed by atoms with Crippen LogP contribution in [0.1, 0.15) is 24.2 Å². The fraction of sp³-hybridized carbons (Fsp3) is 0.176. The van der Waals surface area contributed by atoms with Crippen molar-refractivity contribution in [2.75, 3.05) is 5.32 Å². The fourth-order valence-corrected chi connectivity index (χ4v) is 2.68. The highest BCUT2D eigenvalue weighted by Gasteiger charge is 2.14. The molecule has 2 aromatic carbocycles. The molecule has 2 N–H and O–H groups in total. The van der Waals surface area contributed by atoms with Crippen molar-refractivity contribution in [3.8, 4) is 5.75 Å². The quantitative estimate of drug-likeness (QED) is 0.652. The largest absolute Gasteiger partial charge is 0.508 e. The number of phenols is 1. The Hall–Kier alpha value is -2.27. The van der Waals surface area contributed by atoms with Gasteiger partial charge in [0, 0.05) is 16.1 Å². The number of hydrogen-bond donors (Lipinski definition) is 2. The lowest BCUT2D eigenvalue weighted by atomic mass is 10.1. The van der Waals surface area contributed by atoms with Crippen LogP contribution in [0, 0.1) is 0 Å². The summed E-state index contributed by atoms with van der Waals surface area (Å²) < 4.78 is 0. The number of carbonyl (C=O) groups is 2. The SMILES string of the molecule is CC(=O)c1ccc(NC(=O)C(C)Sc2ccc(O)cc2)cc1. The average molecular weight is 315 g/mol. The minimum atomic E-state index is -0.281. The third-order valence-corrected chi connectivity index (χ3v) is 4.19. The standard InChI is InChI=1S/C17H17NO3S/c1-11(19)13-3-5-14(6-4-13)18-17(21)12(2)22-16-9-7-15(20)8-10-16/h3-10,12,20H,1-2H3,(H,18,21). The summed E-state index contributed by atoms with van der Waals surface area (Å²) in [4.78, 5) is 24.3. The van der Waals surface area contributed by atoms with Crippen LogP contribution in [0.5, 0.6) is 5.75 Å². The number of amides is 1. The molecule has 0 heterocycles. The van der Waals surface area contributed by atoms with Crippen molar-refractivity contribution in [3.05, 3.63) is 54.1 Å². The van der Waals surface area contributed by atoms with Crippen LogP contribution in [0.4, 0.5) is 5.69 Å². The molecule has 5 heteroatoms. The van der Waals surface area contributed by atoms with E-state index >= 15 is 0 Å². The van der Waals surface area contributed by atoms with E-state index in [1.807, 2.05) is 6.92 Å². The zero-order valence-electron chi connectivity index (χ0n) is 12.4. The number of benzene rings is 2. The van der Waals surface area contributed by atoms with Gasteiger partial charge in [-0.15, -0.1) is 11.8 Å². The molecule has 0 aliphatic heterocycles. The van der Waals surface area contributed by atoms with Crippen LogP contribution in [-0.4, -0.2) is 22.0 Å². The summed E-state index contributed by atoms with van der Waals surface area (Å²) in [6, 6.07) is 13.5. The number of carbonyl (C=O) groups excluding carboxylic acids is 2. The van der Waals surface area contributed by atoms with Gasteiger partial charge in [0.2, 0.25) is 5.91 Å². The topological polar surface area (TPSA) is 66.4 Å². The van der Waals surface area contributed by atoms with Crippen LogP contribution in [0.3, 0.4) is 0 Å². The van der Waals surface area contributed by atoms with E-state index < -0.39 is 0 Å². The molecule has 0 spiro atoms. The van der Waals surface area contributed by atoms with Gasteiger partial charge in [0.25, 0.3) is 0 Å². The minimum absolute atomic E-state index is 0.00543. The predicted molar refractivity (Wildman–Crippen MR) is 88.5 cm³/mol. The summed E-state index contributed by atoms with van der Waals surface area (Å²) in [6.07, 6.45) is 0. The Bertz CT molecular complexity index is 665. The Morgan fingerprint density at radius 2 is 1.64 bits per heavy atom. The molecule has 0 fully saturated rings. The number of rotatable bonds is 5. The molecule has 114 valence electrons. The molecule has 0 aromatic heterocycles. The molecule has 2 rings (SSSR count). The third-order valence-electron chi connectivity index (χ3n) is 3.08. The van der Waals surface area contributed by atoms with Gasteiger partial charge in [-0.25, -0.2) is 0 Å². The van der Waals surface area contributed by atoms with E-state index in [1.54, 1.807) is 48.5 Å². The van der Waals surface area contributed by atoms with Gasteiger partial charge in [-0.2, -0.15) is 0 Å². The monoisotopic (exact) mass is 315 g/mol. The van der Waals surface area contributed by atoms with Crippen LogP contribution in [0.15, 0.2) is 53.4 Å². The van der Waals surface area contributed by atoms with Gasteiger partial charge >= 0.3 is 0 Å². The van der Waals surface area contributed by atoms with E-state index in [0.29, 0.717) is 11.3 Å². The maximum absolute atomic E-state index is 12.2. The molecule has 0 radical (unpaired) electrons. The van der Waals surface area contributed by atoms with E-state index in [-0.39, 0.29) is 22.7 Å². The summed E-state index contributed by atoms with van der Waals surface area (Å²) in [5.74, 6) is 0.0785. The third kappa shape index (κ3) is 4.36. The molecule has 0 saturated heterocycles. The second-order valence-corrected chi connectivity index (χ2v) is 6.29. The van der Waals surface area contributed by atoms with Gasteiger partial charge in [-0.1, -0.05) is 0 Å². The first-order valence-electron chi connectivity index (χ1n) is 6.83. The number of anilines is 1. The molecule has 0 aliphatic carbocycles. The van der Waals surface area contributed by atoms with Crippen molar-refractivity contribution in [2.45, 2.75) is 24.0 Å². The zero-order valence-corrected chi connectivity index (χ0v) is 13.2. The highest BCUT2D eigenvalue weighted by molar-refractivity contribution is 8.00. The molecule has 1 amide bonds. The van der Waals surface area contributed by atoms with Crippen LogP contribution in [0.2, 0.25) is 0 Å². The van der Waals surface area contributed by atoms with Crippen LogP contribution in [0.25, 0.3) is 0 Å². The summed E-state index contributed by atoms with van der Waals surface area (Å²) >= 11 is 1.41. The summed E-state index contributed by atoms with van der Waals surface area (Å²) in [7, 11) is 0. The maximum atomic E-state index is 12.2. The second-order valence-electron chi connectivity index (χ2n) is 4.88. The molecule has 4 nitrogen and oxygen atoms in total. The Labute approximate surface area is 133 Å². The van der Waals surface area contributed by atoms with E-state index in [4.69, 9.17) is 0 Å². The number of Topliss-reactive ketones (excluding diaryl/α,β-unsaturated/α-hetero) is 1. The van der Waals surface area contributed by atoms with Gasteiger partial charge in [0.1, 0.15) is 5.75 Å². The average Bonchev–Trinajstić information content (AvgIpc) is 2.50. The number of ketones is 1. The number of thioether (sulfide) groups is 1. The molecule has 2 aromatic rings. The Morgan fingerprint density at radius 3 is 2.18 bits per heavy atom. The van der Waals surface area contributed by atoms with Crippen molar-refractivity contribution >= 4 is 29.1 Å². The molecule has 1 atom stereocenters. The van der Waals surface area contributed by atoms with Crippen molar-refractivity contribution in [1.82, 2.24) is 0 Å². The van der Waals surface area contributed by atoms with E-state index in [0.717, 1.165) is 4.90 Å². The number of hydrogen-bond acceptors (Lipinski definition) is 4. The maximum Gasteiger partial charge on any atom is 0.237 e. The molecule has 0 saturated carbocycles.